The second-order valence-electron chi connectivity index (χ2n) is 4.80. The molecule has 0 aliphatic rings. The van der Waals surface area contributed by atoms with Crippen LogP contribution in [-0.2, 0) is 11.2 Å². The predicted molar refractivity (Wildman–Crippen MR) is 77.2 cm³/mol. The van der Waals surface area contributed by atoms with Gasteiger partial charge in [0.25, 0.3) is 0 Å². The van der Waals surface area contributed by atoms with Crippen molar-refractivity contribution >= 4 is 29.1 Å². The van der Waals surface area contributed by atoms with Gasteiger partial charge in [-0.2, -0.15) is 0 Å². The third kappa shape index (κ3) is 4.51. The molecule has 1 aromatic carbocycles. The van der Waals surface area contributed by atoms with Crippen LogP contribution in [0.15, 0.2) is 18.2 Å². The molecular formula is C14H19Cl2NO. The lowest BCUT2D eigenvalue weighted by atomic mass is 10.1. The molecule has 2 nitrogen and oxygen atoms in total. The van der Waals surface area contributed by atoms with Crippen LogP contribution in [0.1, 0.15) is 32.8 Å². The molecule has 0 radical (unpaired) electrons. The largest absolute Gasteiger partial charge is 0.353 e. The van der Waals surface area contributed by atoms with Crippen LogP contribution >= 0.6 is 23.2 Å². The van der Waals surface area contributed by atoms with E-state index in [1.54, 1.807) is 18.2 Å². The predicted octanol–water partition coefficient (Wildman–Crippen LogP) is 4.09. The van der Waals surface area contributed by atoms with E-state index >= 15 is 0 Å². The summed E-state index contributed by atoms with van der Waals surface area (Å²) in [6.45, 7) is 6.16. The molecule has 1 N–H and O–H groups in total. The fraction of sp³-hybridized carbons (Fsp3) is 0.500. The van der Waals surface area contributed by atoms with Crippen LogP contribution in [0, 0.1) is 5.92 Å². The molecule has 0 saturated carbocycles. The van der Waals surface area contributed by atoms with E-state index in [0.717, 1.165) is 5.56 Å². The minimum Gasteiger partial charge on any atom is -0.353 e. The Kier molecular flexibility index (Phi) is 5.97. The SMILES string of the molecule is CC(C)C(C)NC(=O)CCc1c(Cl)cccc1Cl. The first-order chi connectivity index (χ1) is 8.41. The second-order valence-corrected chi connectivity index (χ2v) is 5.61. The molecule has 1 unspecified atom stereocenters. The number of hydrogen-bond acceptors (Lipinski definition) is 1. The molecule has 0 aliphatic heterocycles. The highest BCUT2D eigenvalue weighted by Gasteiger charge is 2.12. The molecule has 1 atom stereocenters. The minimum absolute atomic E-state index is 0.0344. The van der Waals surface area contributed by atoms with Crippen molar-refractivity contribution in [1.29, 1.82) is 0 Å². The molecule has 0 saturated heterocycles. The van der Waals surface area contributed by atoms with Crippen LogP contribution in [0.2, 0.25) is 10.0 Å². The van der Waals surface area contributed by atoms with Gasteiger partial charge in [-0.3, -0.25) is 4.79 Å². The third-order valence-corrected chi connectivity index (χ3v) is 3.76. The molecular weight excluding hydrogens is 269 g/mol. The van der Waals surface area contributed by atoms with Gasteiger partial charge >= 0.3 is 0 Å². The summed E-state index contributed by atoms with van der Waals surface area (Å²) in [4.78, 5) is 11.8. The van der Waals surface area contributed by atoms with Crippen molar-refractivity contribution in [2.45, 2.75) is 39.7 Å². The van der Waals surface area contributed by atoms with Crippen LogP contribution in [-0.4, -0.2) is 11.9 Å². The molecule has 0 aliphatic carbocycles. The normalized spacial score (nSPS) is 12.6. The summed E-state index contributed by atoms with van der Waals surface area (Å²) in [6, 6.07) is 5.56. The van der Waals surface area contributed by atoms with Crippen LogP contribution < -0.4 is 5.32 Å². The first kappa shape index (κ1) is 15.3. The Balaban J connectivity index is 2.53. The van der Waals surface area contributed by atoms with Gasteiger partial charge in [0.2, 0.25) is 5.91 Å². The fourth-order valence-corrected chi connectivity index (χ4v) is 2.09. The van der Waals surface area contributed by atoms with E-state index in [1.807, 2.05) is 6.92 Å². The van der Waals surface area contributed by atoms with E-state index in [1.165, 1.54) is 0 Å². The topological polar surface area (TPSA) is 29.1 Å². The zero-order valence-corrected chi connectivity index (χ0v) is 12.5. The fourth-order valence-electron chi connectivity index (χ4n) is 1.50. The second kappa shape index (κ2) is 7.01. The lowest BCUT2D eigenvalue weighted by Gasteiger charge is -2.17. The molecule has 0 aromatic heterocycles. The highest BCUT2D eigenvalue weighted by Crippen LogP contribution is 2.25. The Bertz CT molecular complexity index is 398. The number of benzene rings is 1. The Morgan fingerprint density at radius 3 is 2.28 bits per heavy atom. The van der Waals surface area contributed by atoms with Crippen LogP contribution in [0.25, 0.3) is 0 Å². The number of carbonyl (C=O) groups excluding carboxylic acids is 1. The van der Waals surface area contributed by atoms with Gasteiger partial charge < -0.3 is 5.32 Å². The van der Waals surface area contributed by atoms with E-state index in [9.17, 15) is 4.79 Å². The summed E-state index contributed by atoms with van der Waals surface area (Å²) in [6.07, 6.45) is 0.968. The Morgan fingerprint density at radius 1 is 1.22 bits per heavy atom. The molecule has 1 rings (SSSR count). The maximum atomic E-state index is 11.8. The lowest BCUT2D eigenvalue weighted by Crippen LogP contribution is -2.36. The number of halogens is 2. The van der Waals surface area contributed by atoms with Gasteiger partial charge in [-0.25, -0.2) is 0 Å². The molecule has 0 bridgehead atoms. The lowest BCUT2D eigenvalue weighted by molar-refractivity contribution is -0.121. The van der Waals surface area contributed by atoms with Gasteiger partial charge in [0.05, 0.1) is 0 Å². The smallest absolute Gasteiger partial charge is 0.220 e. The highest BCUT2D eigenvalue weighted by molar-refractivity contribution is 6.36. The number of nitrogens with one attached hydrogen (secondary N) is 1. The number of hydrogen-bond donors (Lipinski definition) is 1. The van der Waals surface area contributed by atoms with Gasteiger partial charge in [0.1, 0.15) is 0 Å². The van der Waals surface area contributed by atoms with Gasteiger partial charge in [0, 0.05) is 22.5 Å². The number of rotatable bonds is 5. The van der Waals surface area contributed by atoms with Crippen molar-refractivity contribution < 1.29 is 4.79 Å². The van der Waals surface area contributed by atoms with E-state index in [2.05, 4.69) is 19.2 Å². The van der Waals surface area contributed by atoms with Crippen molar-refractivity contribution in [3.05, 3.63) is 33.8 Å². The minimum atomic E-state index is 0.0344. The van der Waals surface area contributed by atoms with Crippen LogP contribution in [0.3, 0.4) is 0 Å². The van der Waals surface area contributed by atoms with E-state index in [0.29, 0.717) is 28.8 Å². The van der Waals surface area contributed by atoms with E-state index < -0.39 is 0 Å². The molecule has 0 heterocycles. The van der Waals surface area contributed by atoms with Gasteiger partial charge in [-0.15, -0.1) is 0 Å². The average Bonchev–Trinajstić information content (AvgIpc) is 2.28. The van der Waals surface area contributed by atoms with Crippen molar-refractivity contribution in [1.82, 2.24) is 5.32 Å². The molecule has 100 valence electrons. The van der Waals surface area contributed by atoms with Crippen molar-refractivity contribution in [3.8, 4) is 0 Å². The molecule has 0 spiro atoms. The highest BCUT2D eigenvalue weighted by atomic mass is 35.5. The van der Waals surface area contributed by atoms with E-state index in [4.69, 9.17) is 23.2 Å². The first-order valence-corrected chi connectivity index (χ1v) is 6.89. The van der Waals surface area contributed by atoms with Crippen LogP contribution in [0.5, 0.6) is 0 Å². The third-order valence-electron chi connectivity index (χ3n) is 3.05. The molecule has 4 heteroatoms. The zero-order chi connectivity index (χ0) is 13.7. The van der Waals surface area contributed by atoms with Gasteiger partial charge in [-0.05, 0) is 37.0 Å². The summed E-state index contributed by atoms with van der Waals surface area (Å²) in [5.41, 5.74) is 0.841. The summed E-state index contributed by atoms with van der Waals surface area (Å²) in [5, 5.41) is 4.20. The average molecular weight is 288 g/mol. The molecule has 0 fully saturated rings. The summed E-state index contributed by atoms with van der Waals surface area (Å²) in [5.74, 6) is 0.463. The van der Waals surface area contributed by atoms with Gasteiger partial charge in [-0.1, -0.05) is 43.1 Å². The van der Waals surface area contributed by atoms with Crippen molar-refractivity contribution in [2.24, 2.45) is 5.92 Å². The van der Waals surface area contributed by atoms with Crippen molar-refractivity contribution in [2.75, 3.05) is 0 Å². The van der Waals surface area contributed by atoms with Gasteiger partial charge in [0.15, 0.2) is 0 Å². The van der Waals surface area contributed by atoms with E-state index in [-0.39, 0.29) is 11.9 Å². The Labute approximate surface area is 119 Å². The zero-order valence-electron chi connectivity index (χ0n) is 11.0. The summed E-state index contributed by atoms with van der Waals surface area (Å²) >= 11 is 12.1. The first-order valence-electron chi connectivity index (χ1n) is 6.14. The molecule has 1 amide bonds. The maximum absolute atomic E-state index is 11.8. The standard InChI is InChI=1S/C14H19Cl2NO/c1-9(2)10(3)17-14(18)8-7-11-12(15)5-4-6-13(11)16/h4-6,9-10H,7-8H2,1-3H3,(H,17,18). The summed E-state index contributed by atoms with van der Waals surface area (Å²) < 4.78 is 0. The monoisotopic (exact) mass is 287 g/mol. The quantitative estimate of drug-likeness (QED) is 0.868. The maximum Gasteiger partial charge on any atom is 0.220 e. The molecule has 1 aromatic rings. The number of amides is 1. The van der Waals surface area contributed by atoms with Crippen molar-refractivity contribution in [3.63, 3.8) is 0 Å². The van der Waals surface area contributed by atoms with Crippen LogP contribution in [0.4, 0.5) is 0 Å². The molecule has 18 heavy (non-hydrogen) atoms. The number of carbonyl (C=O) groups is 1. The summed E-state index contributed by atoms with van der Waals surface area (Å²) in [7, 11) is 0. The Morgan fingerprint density at radius 2 is 1.78 bits per heavy atom. The Hall–Kier alpha value is -0.730.